The average Bonchev–Trinajstić information content (AvgIpc) is 2.97. The molecule has 2 aromatic rings. The minimum Gasteiger partial charge on any atom is -0.207 e. The van der Waals surface area contributed by atoms with Gasteiger partial charge in [-0.1, -0.05) is 41.4 Å². The summed E-state index contributed by atoms with van der Waals surface area (Å²) in [5, 5.41) is 0.696. The quantitative estimate of drug-likeness (QED) is 0.762. The summed E-state index contributed by atoms with van der Waals surface area (Å²) in [7, 11) is -3.56. The molecule has 1 atom stereocenters. The molecule has 3 nitrogen and oxygen atoms in total. The summed E-state index contributed by atoms with van der Waals surface area (Å²) >= 11 is 13.8. The van der Waals surface area contributed by atoms with E-state index >= 15 is 0 Å². The lowest BCUT2D eigenvalue weighted by Gasteiger charge is -2.24. The first-order valence-electron chi connectivity index (χ1n) is 7.04. The van der Waals surface area contributed by atoms with E-state index in [4.69, 9.17) is 23.2 Å². The van der Waals surface area contributed by atoms with Crippen molar-refractivity contribution in [2.75, 3.05) is 12.3 Å². The molecule has 0 spiro atoms. The minimum atomic E-state index is -3.56. The SMILES string of the molecule is Cc1cccc(S(=O)(=O)N2CCSC2c2ccc(Cl)cc2Cl)c1. The van der Waals surface area contributed by atoms with Crippen LogP contribution in [-0.4, -0.2) is 25.0 Å². The predicted octanol–water partition coefficient (Wildman–Crippen LogP) is 4.74. The fourth-order valence-corrected chi connectivity index (χ4v) is 6.51. The summed E-state index contributed by atoms with van der Waals surface area (Å²) in [6, 6.07) is 12.1. The maximum absolute atomic E-state index is 13.0. The highest BCUT2D eigenvalue weighted by molar-refractivity contribution is 8.01. The Balaban J connectivity index is 2.01. The van der Waals surface area contributed by atoms with Crippen LogP contribution in [0.3, 0.4) is 0 Å². The first kappa shape index (κ1) is 17.1. The highest BCUT2D eigenvalue weighted by atomic mass is 35.5. The molecule has 1 heterocycles. The van der Waals surface area contributed by atoms with Gasteiger partial charge in [-0.2, -0.15) is 4.31 Å². The van der Waals surface area contributed by atoms with Crippen LogP contribution in [0.2, 0.25) is 10.0 Å². The van der Waals surface area contributed by atoms with E-state index in [1.54, 1.807) is 48.2 Å². The Labute approximate surface area is 150 Å². The van der Waals surface area contributed by atoms with E-state index in [9.17, 15) is 8.42 Å². The van der Waals surface area contributed by atoms with E-state index in [0.717, 1.165) is 16.9 Å². The van der Waals surface area contributed by atoms with Crippen LogP contribution in [0.4, 0.5) is 0 Å². The van der Waals surface area contributed by atoms with Gasteiger partial charge in [-0.05, 0) is 42.3 Å². The second-order valence-corrected chi connectivity index (χ2v) is 9.24. The fourth-order valence-electron chi connectivity index (χ4n) is 2.56. The smallest absolute Gasteiger partial charge is 0.207 e. The molecule has 0 amide bonds. The molecule has 2 aromatic carbocycles. The van der Waals surface area contributed by atoms with Gasteiger partial charge in [0.1, 0.15) is 0 Å². The van der Waals surface area contributed by atoms with Gasteiger partial charge >= 0.3 is 0 Å². The van der Waals surface area contributed by atoms with Crippen LogP contribution in [0.15, 0.2) is 47.4 Å². The van der Waals surface area contributed by atoms with Crippen molar-refractivity contribution >= 4 is 45.0 Å². The van der Waals surface area contributed by atoms with Gasteiger partial charge in [-0.3, -0.25) is 0 Å². The van der Waals surface area contributed by atoms with Crippen molar-refractivity contribution in [3.63, 3.8) is 0 Å². The summed E-state index contributed by atoms with van der Waals surface area (Å²) in [5.41, 5.74) is 1.69. The van der Waals surface area contributed by atoms with E-state index < -0.39 is 10.0 Å². The Kier molecular flexibility index (Phi) is 4.95. The van der Waals surface area contributed by atoms with Gasteiger partial charge in [0.25, 0.3) is 0 Å². The van der Waals surface area contributed by atoms with Crippen LogP contribution < -0.4 is 0 Å². The molecule has 1 unspecified atom stereocenters. The molecule has 0 bridgehead atoms. The molecule has 0 N–H and O–H groups in total. The van der Waals surface area contributed by atoms with Crippen LogP contribution in [0.1, 0.15) is 16.5 Å². The van der Waals surface area contributed by atoms with Crippen LogP contribution in [-0.2, 0) is 10.0 Å². The topological polar surface area (TPSA) is 37.4 Å². The Hall–Kier alpha value is -0.720. The van der Waals surface area contributed by atoms with E-state index in [0.29, 0.717) is 21.5 Å². The normalized spacial score (nSPS) is 19.2. The molecule has 0 aromatic heterocycles. The van der Waals surface area contributed by atoms with Gasteiger partial charge in [0.2, 0.25) is 10.0 Å². The minimum absolute atomic E-state index is 0.315. The summed E-state index contributed by atoms with van der Waals surface area (Å²) in [4.78, 5) is 0.315. The standard InChI is InChI=1S/C16H15Cl2NO2S2/c1-11-3-2-4-13(9-11)23(20,21)19-7-8-22-16(19)14-6-5-12(17)10-15(14)18/h2-6,9-10,16H,7-8H2,1H3. The van der Waals surface area contributed by atoms with E-state index in [2.05, 4.69) is 0 Å². The number of hydrogen-bond donors (Lipinski definition) is 0. The molecular weight excluding hydrogens is 373 g/mol. The zero-order valence-corrected chi connectivity index (χ0v) is 15.5. The molecular formula is C16H15Cl2NO2S2. The molecule has 1 aliphatic heterocycles. The van der Waals surface area contributed by atoms with Gasteiger partial charge < -0.3 is 0 Å². The number of rotatable bonds is 3. The summed E-state index contributed by atoms with van der Waals surface area (Å²) in [6.45, 7) is 2.34. The second-order valence-electron chi connectivity index (χ2n) is 5.32. The summed E-state index contributed by atoms with van der Waals surface area (Å²) < 4.78 is 27.5. The summed E-state index contributed by atoms with van der Waals surface area (Å²) in [5.74, 6) is 0.731. The number of aryl methyl sites for hydroxylation is 1. The van der Waals surface area contributed by atoms with Crippen LogP contribution in [0, 0.1) is 6.92 Å². The Morgan fingerprint density at radius 1 is 1.17 bits per heavy atom. The maximum Gasteiger partial charge on any atom is 0.244 e. The van der Waals surface area contributed by atoms with Gasteiger partial charge in [0.05, 0.1) is 10.3 Å². The van der Waals surface area contributed by atoms with Crippen LogP contribution >= 0.6 is 35.0 Å². The third-order valence-electron chi connectivity index (χ3n) is 3.67. The third kappa shape index (κ3) is 3.39. The molecule has 1 fully saturated rings. The molecule has 1 saturated heterocycles. The number of halogens is 2. The lowest BCUT2D eigenvalue weighted by molar-refractivity contribution is 0.434. The number of benzene rings is 2. The molecule has 3 rings (SSSR count). The van der Waals surface area contributed by atoms with Gasteiger partial charge in [0.15, 0.2) is 0 Å². The van der Waals surface area contributed by atoms with E-state index in [1.807, 2.05) is 13.0 Å². The highest BCUT2D eigenvalue weighted by Gasteiger charge is 2.37. The lowest BCUT2D eigenvalue weighted by atomic mass is 10.2. The monoisotopic (exact) mass is 387 g/mol. The van der Waals surface area contributed by atoms with E-state index in [1.165, 1.54) is 4.31 Å². The number of hydrogen-bond acceptors (Lipinski definition) is 3. The van der Waals surface area contributed by atoms with Crippen molar-refractivity contribution in [1.29, 1.82) is 0 Å². The molecule has 0 radical (unpaired) electrons. The molecule has 7 heteroatoms. The Morgan fingerprint density at radius 3 is 2.65 bits per heavy atom. The van der Waals surface area contributed by atoms with E-state index in [-0.39, 0.29) is 5.37 Å². The third-order valence-corrected chi connectivity index (χ3v) is 7.47. The predicted molar refractivity (Wildman–Crippen MR) is 96.7 cm³/mol. The van der Waals surface area contributed by atoms with Crippen LogP contribution in [0.25, 0.3) is 0 Å². The largest absolute Gasteiger partial charge is 0.244 e. The lowest BCUT2D eigenvalue weighted by Crippen LogP contribution is -2.30. The first-order valence-corrected chi connectivity index (χ1v) is 10.3. The zero-order valence-electron chi connectivity index (χ0n) is 12.4. The molecule has 23 heavy (non-hydrogen) atoms. The maximum atomic E-state index is 13.0. The molecule has 1 aliphatic rings. The average molecular weight is 388 g/mol. The van der Waals surface area contributed by atoms with Crippen molar-refractivity contribution in [2.24, 2.45) is 0 Å². The van der Waals surface area contributed by atoms with Crippen molar-refractivity contribution in [2.45, 2.75) is 17.2 Å². The molecule has 0 saturated carbocycles. The Morgan fingerprint density at radius 2 is 1.96 bits per heavy atom. The van der Waals surface area contributed by atoms with Crippen LogP contribution in [0.5, 0.6) is 0 Å². The van der Waals surface area contributed by atoms with Gasteiger partial charge in [0, 0.05) is 22.3 Å². The Bertz CT molecular complexity index is 840. The molecule has 0 aliphatic carbocycles. The van der Waals surface area contributed by atoms with Crippen molar-refractivity contribution < 1.29 is 8.42 Å². The second kappa shape index (κ2) is 6.65. The van der Waals surface area contributed by atoms with Crippen molar-refractivity contribution in [3.8, 4) is 0 Å². The zero-order chi connectivity index (χ0) is 16.6. The van der Waals surface area contributed by atoms with Crippen molar-refractivity contribution in [1.82, 2.24) is 4.31 Å². The number of sulfonamides is 1. The van der Waals surface area contributed by atoms with Gasteiger partial charge in [-0.15, -0.1) is 11.8 Å². The number of nitrogens with zero attached hydrogens (tertiary/aromatic N) is 1. The van der Waals surface area contributed by atoms with Gasteiger partial charge in [-0.25, -0.2) is 8.42 Å². The first-order chi connectivity index (χ1) is 10.9. The summed E-state index contributed by atoms with van der Waals surface area (Å²) in [6.07, 6.45) is 0. The number of thioether (sulfide) groups is 1. The highest BCUT2D eigenvalue weighted by Crippen LogP contribution is 2.44. The fraction of sp³-hybridized carbons (Fsp3) is 0.250. The molecule has 122 valence electrons. The van der Waals surface area contributed by atoms with Crippen molar-refractivity contribution in [3.05, 3.63) is 63.6 Å².